The van der Waals surface area contributed by atoms with E-state index in [-0.39, 0.29) is 27.0 Å². The number of aliphatic carboxylic acids is 2. The number of carbonyl (C=O) groups excluding carboxylic acids is 1. The van der Waals surface area contributed by atoms with Crippen molar-refractivity contribution >= 4 is 11.9 Å². The summed E-state index contributed by atoms with van der Waals surface area (Å²) >= 11 is 0. The third kappa shape index (κ3) is 133. The number of carboxylic acid groups (broad SMARTS) is 2. The topological polar surface area (TPSA) is 103 Å². The molecule has 0 unspecified atom stereocenters. The molecule has 0 saturated heterocycles. The molecule has 0 fully saturated rings. The average Bonchev–Trinajstić information content (AvgIpc) is 1.65. The van der Waals surface area contributed by atoms with Crippen molar-refractivity contribution in [3.63, 3.8) is 0 Å². The third-order valence-electron chi connectivity index (χ3n) is 0.175. The summed E-state index contributed by atoms with van der Waals surface area (Å²) in [7, 11) is 0. The van der Waals surface area contributed by atoms with E-state index < -0.39 is 11.9 Å². The summed E-state index contributed by atoms with van der Waals surface area (Å²) in [6, 6.07) is 0. The smallest absolute Gasteiger partial charge is 0.550 e. The van der Waals surface area contributed by atoms with Crippen LogP contribution in [0.4, 0.5) is 0 Å². The van der Waals surface area contributed by atoms with Gasteiger partial charge >= 0.3 is 26.4 Å². The molecule has 0 aliphatic carbocycles. The van der Waals surface area contributed by atoms with Gasteiger partial charge in [0.2, 0.25) is 0 Å². The first-order valence-corrected chi connectivity index (χ1v) is 2.10. The number of rotatable bonds is 1. The van der Waals surface area contributed by atoms with E-state index in [4.69, 9.17) is 15.0 Å². The maximum absolute atomic E-state index is 9.24. The largest absolute Gasteiger partial charge is 2.00 e. The maximum Gasteiger partial charge on any atom is 2.00 e. The van der Waals surface area contributed by atoms with Crippen molar-refractivity contribution in [3.8, 4) is 0 Å². The van der Waals surface area contributed by atoms with Gasteiger partial charge in [0, 0.05) is 5.97 Å². The van der Waals surface area contributed by atoms with Gasteiger partial charge in [-0.2, -0.15) is 0 Å². The number of carboxylic acids is 2. The molecule has 10 heavy (non-hydrogen) atoms. The Morgan fingerprint density at radius 3 is 1.70 bits per heavy atom. The summed E-state index contributed by atoms with van der Waals surface area (Å²) in [5, 5.41) is 16.5. The first kappa shape index (κ1) is 16.3. The predicted octanol–water partition coefficient (Wildman–Crippen LogP) is -2.22. The quantitative estimate of drug-likeness (QED) is 0.506. The van der Waals surface area contributed by atoms with Gasteiger partial charge in [0.15, 0.2) is 0 Å². The molecule has 62 valence electrons. The molecule has 0 aliphatic rings. The molecule has 5 nitrogen and oxygen atoms in total. The molecule has 0 saturated carbocycles. The van der Waals surface area contributed by atoms with Crippen LogP contribution in [-0.4, -0.2) is 23.6 Å². The summed E-state index contributed by atoms with van der Waals surface area (Å²) in [5.74, 6) is -2.05. The van der Waals surface area contributed by atoms with E-state index in [9.17, 15) is 4.79 Å². The van der Waals surface area contributed by atoms with Gasteiger partial charge in [0.05, 0.1) is 6.54 Å². The predicted molar refractivity (Wildman–Crippen MR) is 27.4 cm³/mol. The number of hydrogen-bond donors (Lipinski definition) is 2. The molecular weight excluding hydrogens is 232 g/mol. The van der Waals surface area contributed by atoms with Crippen molar-refractivity contribution in [2.75, 3.05) is 6.54 Å². The van der Waals surface area contributed by atoms with E-state index in [0.717, 1.165) is 6.92 Å². The molecule has 0 atom stereocenters. The van der Waals surface area contributed by atoms with Gasteiger partial charge in [-0.3, -0.25) is 4.79 Å². The molecule has 0 rings (SSSR count). The second-order valence-corrected chi connectivity index (χ2v) is 1.09. The summed E-state index contributed by atoms with van der Waals surface area (Å²) < 4.78 is 0. The van der Waals surface area contributed by atoms with E-state index >= 15 is 0 Å². The minimum atomic E-state index is -1.08. The molecular formula is C4H8NO4Pd+. The molecule has 0 amide bonds. The molecule has 0 aromatic heterocycles. The Morgan fingerprint density at radius 1 is 1.60 bits per heavy atom. The van der Waals surface area contributed by atoms with Crippen LogP contribution in [0.15, 0.2) is 0 Å². The summed E-state index contributed by atoms with van der Waals surface area (Å²) in [6.07, 6.45) is 0. The van der Waals surface area contributed by atoms with E-state index in [0.29, 0.717) is 0 Å². The Labute approximate surface area is 71.9 Å². The van der Waals surface area contributed by atoms with Gasteiger partial charge in [-0.05, 0) is 6.92 Å². The minimum absolute atomic E-state index is 0. The van der Waals surface area contributed by atoms with Crippen LogP contribution in [0.1, 0.15) is 6.92 Å². The summed E-state index contributed by atoms with van der Waals surface area (Å²) in [6.45, 7) is 0.694. The normalized spacial score (nSPS) is 6.20. The standard InChI is InChI=1S/C2H5NO2.C2H4O2.Pd/c3-1-2(4)5;1-2(3)4;/h1,3H2,(H,4,5);1H3,(H,3,4);/q;;+2/p-1. The zero-order valence-electron chi connectivity index (χ0n) is 5.27. The summed E-state index contributed by atoms with van der Waals surface area (Å²) in [4.78, 5) is 18.1. The molecule has 3 N–H and O–H groups in total. The van der Waals surface area contributed by atoms with Crippen molar-refractivity contribution in [3.05, 3.63) is 0 Å². The zero-order valence-corrected chi connectivity index (χ0v) is 6.83. The molecule has 0 aromatic carbocycles. The van der Waals surface area contributed by atoms with Gasteiger partial charge in [0.1, 0.15) is 0 Å². The Balaban J connectivity index is -0.0000000910. The second kappa shape index (κ2) is 11.4. The zero-order chi connectivity index (χ0) is 7.86. The van der Waals surface area contributed by atoms with E-state index in [1.807, 2.05) is 0 Å². The van der Waals surface area contributed by atoms with Gasteiger partial charge in [-0.25, -0.2) is 0 Å². The fourth-order valence-corrected chi connectivity index (χ4v) is 0. The molecule has 0 heterocycles. The number of nitrogens with two attached hydrogens (primary N) is 1. The van der Waals surface area contributed by atoms with Gasteiger partial charge in [-0.15, -0.1) is 0 Å². The van der Waals surface area contributed by atoms with Crippen molar-refractivity contribution in [1.82, 2.24) is 0 Å². The van der Waals surface area contributed by atoms with Gasteiger partial charge < -0.3 is 20.7 Å². The van der Waals surface area contributed by atoms with E-state index in [2.05, 4.69) is 5.73 Å². The Bertz CT molecular complexity index is 101. The third-order valence-corrected chi connectivity index (χ3v) is 0.175. The molecule has 0 aliphatic heterocycles. The summed E-state index contributed by atoms with van der Waals surface area (Å²) in [5.41, 5.74) is 4.57. The Kier molecular flexibility index (Phi) is 18.5. The van der Waals surface area contributed by atoms with Crippen molar-refractivity contribution < 1.29 is 40.2 Å². The fraction of sp³-hybridized carbons (Fsp3) is 0.500. The molecule has 6 heteroatoms. The fourth-order valence-electron chi connectivity index (χ4n) is 0. The Morgan fingerprint density at radius 2 is 1.70 bits per heavy atom. The first-order chi connectivity index (χ1) is 4.00. The Hall–Kier alpha value is -0.438. The first-order valence-electron chi connectivity index (χ1n) is 2.10. The van der Waals surface area contributed by atoms with Crippen molar-refractivity contribution in [1.29, 1.82) is 0 Å². The van der Waals surface area contributed by atoms with Crippen molar-refractivity contribution in [2.24, 2.45) is 5.73 Å². The van der Waals surface area contributed by atoms with E-state index in [1.165, 1.54) is 0 Å². The second-order valence-electron chi connectivity index (χ2n) is 1.09. The van der Waals surface area contributed by atoms with Crippen molar-refractivity contribution in [2.45, 2.75) is 6.92 Å². The van der Waals surface area contributed by atoms with Crippen LogP contribution in [0.25, 0.3) is 0 Å². The van der Waals surface area contributed by atoms with Crippen LogP contribution < -0.4 is 10.8 Å². The monoisotopic (exact) mass is 240 g/mol. The molecule has 0 radical (unpaired) electrons. The van der Waals surface area contributed by atoms with Crippen LogP contribution in [-0.2, 0) is 30.0 Å². The molecule has 0 aromatic rings. The van der Waals surface area contributed by atoms with Crippen LogP contribution in [0.3, 0.4) is 0 Å². The van der Waals surface area contributed by atoms with Gasteiger partial charge in [-0.1, -0.05) is 0 Å². The maximum atomic E-state index is 9.24. The van der Waals surface area contributed by atoms with Crippen LogP contribution in [0, 0.1) is 0 Å². The number of carbonyl (C=O) groups is 2. The molecule has 0 bridgehead atoms. The SMILES string of the molecule is CC(=O)[O-].NCC(=O)O.[Pd+2]. The van der Waals surface area contributed by atoms with Crippen LogP contribution >= 0.6 is 0 Å². The average molecular weight is 241 g/mol. The minimum Gasteiger partial charge on any atom is -0.550 e. The van der Waals surface area contributed by atoms with E-state index in [1.54, 1.807) is 0 Å². The number of hydrogen-bond acceptors (Lipinski definition) is 4. The van der Waals surface area contributed by atoms with Crippen LogP contribution in [0.2, 0.25) is 0 Å². The molecule has 0 spiro atoms. The van der Waals surface area contributed by atoms with Crippen LogP contribution in [0.5, 0.6) is 0 Å². The van der Waals surface area contributed by atoms with Gasteiger partial charge in [0.25, 0.3) is 0 Å².